The number of carbonyl (C=O) groups excluding carboxylic acids is 1. The monoisotopic (exact) mass is 334 g/mol. The summed E-state index contributed by atoms with van der Waals surface area (Å²) in [5.41, 5.74) is 0.958. The Bertz CT molecular complexity index is 560. The van der Waals surface area contributed by atoms with E-state index >= 15 is 0 Å². The summed E-state index contributed by atoms with van der Waals surface area (Å²) in [5, 5.41) is -0.287. The number of amidine groups is 1. The Morgan fingerprint density at radius 1 is 1.26 bits per heavy atom. The van der Waals surface area contributed by atoms with Gasteiger partial charge in [0.25, 0.3) is 5.91 Å². The van der Waals surface area contributed by atoms with E-state index in [0.29, 0.717) is 12.3 Å². The van der Waals surface area contributed by atoms with E-state index in [1.165, 1.54) is 0 Å². The van der Waals surface area contributed by atoms with E-state index in [1.807, 2.05) is 83.2 Å². The summed E-state index contributed by atoms with van der Waals surface area (Å²) in [6, 6.07) is 9.74. The zero-order valence-corrected chi connectivity index (χ0v) is 16.4. The van der Waals surface area contributed by atoms with E-state index in [-0.39, 0.29) is 16.9 Å². The number of hydrogen-bond acceptors (Lipinski definition) is 2. The molecular formula is C18H30N2O2Si. The minimum absolute atomic E-state index is 0.145. The first kappa shape index (κ1) is 19.6. The van der Waals surface area contributed by atoms with E-state index in [4.69, 9.17) is 0 Å². The zero-order chi connectivity index (χ0) is 17.8. The van der Waals surface area contributed by atoms with Gasteiger partial charge in [0.2, 0.25) is 0 Å². The molecule has 1 rings (SSSR count). The first-order valence-electron chi connectivity index (χ1n) is 7.99. The SMILES string of the molecule is C/C(=N\C(=O)[C@H](CC(C)(C)[Si](C)(C)O)c1ccccc1)N(C)C. The van der Waals surface area contributed by atoms with Gasteiger partial charge in [-0.2, -0.15) is 0 Å². The Kier molecular flexibility index (Phi) is 6.30. The lowest BCUT2D eigenvalue weighted by Gasteiger charge is -2.37. The lowest BCUT2D eigenvalue weighted by atomic mass is 9.89. The molecule has 0 aliphatic carbocycles. The molecule has 128 valence electrons. The van der Waals surface area contributed by atoms with Crippen LogP contribution in [0.2, 0.25) is 18.1 Å². The molecule has 1 aromatic carbocycles. The zero-order valence-electron chi connectivity index (χ0n) is 15.4. The van der Waals surface area contributed by atoms with Gasteiger partial charge in [0.15, 0.2) is 8.32 Å². The number of amides is 1. The maximum atomic E-state index is 12.8. The Hall–Kier alpha value is -1.46. The van der Waals surface area contributed by atoms with Crippen molar-refractivity contribution >= 4 is 20.1 Å². The Morgan fingerprint density at radius 2 is 1.78 bits per heavy atom. The molecule has 1 amide bonds. The Morgan fingerprint density at radius 3 is 2.22 bits per heavy atom. The maximum absolute atomic E-state index is 12.8. The van der Waals surface area contributed by atoms with Crippen LogP contribution in [-0.2, 0) is 4.79 Å². The quantitative estimate of drug-likeness (QED) is 0.508. The molecule has 0 spiro atoms. The summed E-state index contributed by atoms with van der Waals surface area (Å²) in [6.07, 6.45) is 0.593. The molecule has 0 saturated heterocycles. The standard InChI is InChI=1S/C18H30N2O2Si/c1-14(20(4)5)19-17(21)16(15-11-9-8-10-12-15)13-18(2,3)23(6,7)22/h8-12,16,22H,13H2,1-7H3/b19-14+/t16-/m1/s1. The lowest BCUT2D eigenvalue weighted by Crippen LogP contribution is -2.40. The molecule has 0 fully saturated rings. The summed E-state index contributed by atoms with van der Waals surface area (Å²) >= 11 is 0. The number of carbonyl (C=O) groups is 1. The lowest BCUT2D eigenvalue weighted by molar-refractivity contribution is -0.119. The second-order valence-corrected chi connectivity index (χ2v) is 12.0. The van der Waals surface area contributed by atoms with E-state index in [1.54, 1.807) is 0 Å². The van der Waals surface area contributed by atoms with Crippen LogP contribution in [0.25, 0.3) is 0 Å². The molecule has 0 radical (unpaired) electrons. The Labute approximate surface area is 141 Å². The van der Waals surface area contributed by atoms with E-state index in [2.05, 4.69) is 4.99 Å². The van der Waals surface area contributed by atoms with E-state index < -0.39 is 8.32 Å². The molecule has 0 aliphatic heterocycles. The van der Waals surface area contributed by atoms with Crippen LogP contribution in [0.5, 0.6) is 0 Å². The second-order valence-electron chi connectivity index (χ2n) is 7.50. The largest absolute Gasteiger partial charge is 0.432 e. The summed E-state index contributed by atoms with van der Waals surface area (Å²) in [5.74, 6) is 0.211. The van der Waals surface area contributed by atoms with Gasteiger partial charge in [-0.25, -0.2) is 4.99 Å². The molecule has 0 unspecified atom stereocenters. The number of nitrogens with zero attached hydrogens (tertiary/aromatic N) is 2. The van der Waals surface area contributed by atoms with Crippen LogP contribution in [0.3, 0.4) is 0 Å². The van der Waals surface area contributed by atoms with Crippen LogP contribution in [-0.4, -0.2) is 43.9 Å². The van der Waals surface area contributed by atoms with Crippen molar-refractivity contribution in [2.45, 2.75) is 51.2 Å². The normalized spacial score (nSPS) is 14.5. The van der Waals surface area contributed by atoms with Gasteiger partial charge >= 0.3 is 0 Å². The third kappa shape index (κ3) is 5.29. The van der Waals surface area contributed by atoms with Crippen molar-refractivity contribution in [1.29, 1.82) is 0 Å². The summed E-state index contributed by atoms with van der Waals surface area (Å²) in [7, 11) is 1.35. The minimum atomic E-state index is -2.40. The first-order chi connectivity index (χ1) is 10.5. The fourth-order valence-corrected chi connectivity index (χ4v) is 2.83. The average molecular weight is 335 g/mol. The average Bonchev–Trinajstić information content (AvgIpc) is 2.44. The molecule has 1 aromatic rings. The molecule has 23 heavy (non-hydrogen) atoms. The topological polar surface area (TPSA) is 52.9 Å². The van der Waals surface area contributed by atoms with Gasteiger partial charge in [-0.1, -0.05) is 44.2 Å². The van der Waals surface area contributed by atoms with Crippen molar-refractivity contribution in [3.05, 3.63) is 35.9 Å². The molecule has 0 bridgehead atoms. The maximum Gasteiger partial charge on any atom is 0.254 e. The minimum Gasteiger partial charge on any atom is -0.432 e. The van der Waals surface area contributed by atoms with Crippen LogP contribution in [0.15, 0.2) is 35.3 Å². The van der Waals surface area contributed by atoms with E-state index in [0.717, 1.165) is 5.56 Å². The second kappa shape index (κ2) is 7.40. The predicted octanol–water partition coefficient (Wildman–Crippen LogP) is 3.64. The van der Waals surface area contributed by atoms with Crippen molar-refractivity contribution in [2.75, 3.05) is 14.1 Å². The van der Waals surface area contributed by atoms with Crippen LogP contribution in [0.1, 0.15) is 38.7 Å². The highest BCUT2D eigenvalue weighted by Crippen LogP contribution is 2.44. The number of aliphatic imine (C=N–C) groups is 1. The van der Waals surface area contributed by atoms with Crippen molar-refractivity contribution in [1.82, 2.24) is 4.90 Å². The molecule has 5 heteroatoms. The third-order valence-corrected chi connectivity index (χ3v) is 8.31. The van der Waals surface area contributed by atoms with Crippen molar-refractivity contribution in [3.8, 4) is 0 Å². The Balaban J connectivity index is 3.19. The van der Waals surface area contributed by atoms with Gasteiger partial charge < -0.3 is 9.70 Å². The van der Waals surface area contributed by atoms with E-state index in [9.17, 15) is 9.59 Å². The summed E-state index contributed by atoms with van der Waals surface area (Å²) < 4.78 is 0. The van der Waals surface area contributed by atoms with Crippen LogP contribution in [0.4, 0.5) is 0 Å². The fraction of sp³-hybridized carbons (Fsp3) is 0.556. The number of hydrogen-bond donors (Lipinski definition) is 1. The van der Waals surface area contributed by atoms with Gasteiger partial charge in [0.1, 0.15) is 5.84 Å². The van der Waals surface area contributed by atoms with Gasteiger partial charge in [-0.3, -0.25) is 4.79 Å². The summed E-state index contributed by atoms with van der Waals surface area (Å²) in [6.45, 7) is 9.77. The highest BCUT2D eigenvalue weighted by molar-refractivity contribution is 6.72. The third-order valence-electron chi connectivity index (χ3n) is 4.79. The molecule has 0 saturated carbocycles. The number of rotatable bonds is 5. The predicted molar refractivity (Wildman–Crippen MR) is 99.3 cm³/mol. The van der Waals surface area contributed by atoms with Crippen LogP contribution < -0.4 is 0 Å². The smallest absolute Gasteiger partial charge is 0.254 e. The van der Waals surface area contributed by atoms with Gasteiger partial charge in [0.05, 0.1) is 5.92 Å². The highest BCUT2D eigenvalue weighted by atomic mass is 28.4. The first-order valence-corrected chi connectivity index (χ1v) is 10.9. The fourth-order valence-electron chi connectivity index (χ4n) is 2.13. The molecular weight excluding hydrogens is 304 g/mol. The van der Waals surface area contributed by atoms with Crippen LogP contribution >= 0.6 is 0 Å². The van der Waals surface area contributed by atoms with Gasteiger partial charge in [-0.05, 0) is 37.0 Å². The summed E-state index contributed by atoms with van der Waals surface area (Å²) in [4.78, 5) is 29.4. The van der Waals surface area contributed by atoms with Gasteiger partial charge in [0, 0.05) is 14.1 Å². The van der Waals surface area contributed by atoms with Crippen molar-refractivity contribution in [3.63, 3.8) is 0 Å². The highest BCUT2D eigenvalue weighted by Gasteiger charge is 2.41. The molecule has 4 nitrogen and oxygen atoms in total. The molecule has 1 N–H and O–H groups in total. The van der Waals surface area contributed by atoms with Crippen LogP contribution in [0, 0.1) is 0 Å². The molecule has 0 heterocycles. The van der Waals surface area contributed by atoms with Crippen molar-refractivity contribution in [2.24, 2.45) is 4.99 Å². The van der Waals surface area contributed by atoms with Gasteiger partial charge in [-0.15, -0.1) is 0 Å². The number of benzene rings is 1. The molecule has 0 aliphatic rings. The molecule has 0 aromatic heterocycles. The van der Waals surface area contributed by atoms with Crippen molar-refractivity contribution < 1.29 is 9.59 Å². The molecule has 1 atom stereocenters.